The molecule has 2 bridgehead atoms. The first-order valence-electron chi connectivity index (χ1n) is 13.3. The zero-order valence-electron chi connectivity index (χ0n) is 21.8. The number of aromatic nitrogens is 1. The molecular formula is C28H29Cl2N3O6S. The number of aromatic carboxylic acids is 1. The minimum absolute atomic E-state index is 0.127. The van der Waals surface area contributed by atoms with Crippen molar-refractivity contribution >= 4 is 45.1 Å². The maximum atomic E-state index is 13.4. The van der Waals surface area contributed by atoms with Gasteiger partial charge in [0.15, 0.2) is 0 Å². The molecule has 2 aromatic carbocycles. The van der Waals surface area contributed by atoms with Crippen LogP contribution in [-0.2, 0) is 21.6 Å². The van der Waals surface area contributed by atoms with Crippen LogP contribution < -0.4 is 4.72 Å². The van der Waals surface area contributed by atoms with Gasteiger partial charge in [0, 0.05) is 29.1 Å². The summed E-state index contributed by atoms with van der Waals surface area (Å²) in [5.41, 5.74) is 3.03. The van der Waals surface area contributed by atoms with Crippen molar-refractivity contribution in [1.29, 1.82) is 0 Å². The van der Waals surface area contributed by atoms with Crippen molar-refractivity contribution < 1.29 is 27.6 Å². The molecule has 1 unspecified atom stereocenters. The molecule has 2 aliphatic heterocycles. The molecule has 12 heteroatoms. The lowest BCUT2D eigenvalue weighted by atomic mass is 10.0. The Morgan fingerprint density at radius 1 is 1.12 bits per heavy atom. The number of rotatable bonds is 9. The van der Waals surface area contributed by atoms with Gasteiger partial charge in [-0.3, -0.25) is 4.72 Å². The molecule has 2 N–H and O–H groups in total. The molecule has 40 heavy (non-hydrogen) atoms. The SMILES string of the molecule is Cc1cc(NS(=O)(=O)N2[C@@H]3CC[C@H]2CC(OCc2c(-c4c(Cl)cccc4Cl)noc2C2CC2)C3)ccc1C(=O)O. The maximum absolute atomic E-state index is 13.4. The highest BCUT2D eigenvalue weighted by atomic mass is 35.5. The third kappa shape index (κ3) is 5.23. The standard InChI is InChI=1S/C28H29Cl2N3O6S/c1-15-11-17(7-10-21(15)28(34)35)32-40(36,37)33-18-8-9-19(33)13-20(12-18)38-14-22-26(31-39-27(22)16-5-6-16)25-23(29)3-2-4-24(25)30/h2-4,7,10-11,16,18-20,32H,5-6,8-9,12-14H2,1H3,(H,34,35)/t18-,19+,20?. The molecule has 1 saturated carbocycles. The molecule has 0 radical (unpaired) electrons. The average molecular weight is 607 g/mol. The Balaban J connectivity index is 1.16. The number of carboxylic acid groups (broad SMARTS) is 1. The zero-order chi connectivity index (χ0) is 28.2. The molecule has 3 aromatic rings. The van der Waals surface area contributed by atoms with Gasteiger partial charge in [0.25, 0.3) is 0 Å². The molecule has 212 valence electrons. The van der Waals surface area contributed by atoms with Gasteiger partial charge >= 0.3 is 16.2 Å². The Morgan fingerprint density at radius 3 is 2.40 bits per heavy atom. The van der Waals surface area contributed by atoms with E-state index in [-0.39, 0.29) is 30.4 Å². The molecular weight excluding hydrogens is 577 g/mol. The van der Waals surface area contributed by atoms with E-state index in [0.29, 0.717) is 51.3 Å². The largest absolute Gasteiger partial charge is 0.478 e. The molecule has 3 heterocycles. The number of nitrogens with zero attached hydrogens (tertiary/aromatic N) is 2. The summed E-state index contributed by atoms with van der Waals surface area (Å²) in [6, 6.07) is 9.36. The van der Waals surface area contributed by atoms with Crippen LogP contribution in [-0.4, -0.2) is 47.1 Å². The van der Waals surface area contributed by atoms with Gasteiger partial charge < -0.3 is 14.4 Å². The van der Waals surface area contributed by atoms with Crippen LogP contribution in [0.15, 0.2) is 40.9 Å². The van der Waals surface area contributed by atoms with Gasteiger partial charge in [0.2, 0.25) is 0 Å². The lowest BCUT2D eigenvalue weighted by Gasteiger charge is -2.37. The summed E-state index contributed by atoms with van der Waals surface area (Å²) in [4.78, 5) is 11.3. The number of anilines is 1. The number of ether oxygens (including phenoxy) is 1. The average Bonchev–Trinajstić information content (AvgIpc) is 3.58. The summed E-state index contributed by atoms with van der Waals surface area (Å²) in [6.07, 6.45) is 4.58. The highest BCUT2D eigenvalue weighted by Gasteiger charge is 2.47. The van der Waals surface area contributed by atoms with Gasteiger partial charge in [0.1, 0.15) is 11.5 Å². The van der Waals surface area contributed by atoms with Crippen LogP contribution in [0.5, 0.6) is 0 Å². The van der Waals surface area contributed by atoms with E-state index in [4.69, 9.17) is 32.5 Å². The normalized spacial score (nSPS) is 22.9. The molecule has 2 saturated heterocycles. The third-order valence-corrected chi connectivity index (χ3v) is 10.3. The van der Waals surface area contributed by atoms with Crippen LogP contribution in [0.4, 0.5) is 5.69 Å². The van der Waals surface area contributed by atoms with Crippen LogP contribution >= 0.6 is 23.2 Å². The van der Waals surface area contributed by atoms with E-state index < -0.39 is 16.2 Å². The molecule has 3 fully saturated rings. The number of halogens is 2. The van der Waals surface area contributed by atoms with E-state index in [2.05, 4.69) is 9.88 Å². The summed E-state index contributed by atoms with van der Waals surface area (Å²) in [5.74, 6) is 0.0653. The summed E-state index contributed by atoms with van der Waals surface area (Å²) in [7, 11) is -3.84. The van der Waals surface area contributed by atoms with Crippen molar-refractivity contribution in [1.82, 2.24) is 9.46 Å². The van der Waals surface area contributed by atoms with Crippen molar-refractivity contribution in [2.24, 2.45) is 0 Å². The molecule has 0 spiro atoms. The zero-order valence-corrected chi connectivity index (χ0v) is 24.1. The first-order chi connectivity index (χ1) is 19.1. The van der Waals surface area contributed by atoms with Gasteiger partial charge in [-0.15, -0.1) is 0 Å². The number of nitrogens with one attached hydrogen (secondary N) is 1. The van der Waals surface area contributed by atoms with Crippen LogP contribution in [0.2, 0.25) is 10.0 Å². The minimum atomic E-state index is -3.84. The topological polar surface area (TPSA) is 122 Å². The number of piperidine rings is 1. The molecule has 9 nitrogen and oxygen atoms in total. The lowest BCUT2D eigenvalue weighted by Crippen LogP contribution is -2.50. The summed E-state index contributed by atoms with van der Waals surface area (Å²) in [5, 5.41) is 14.6. The van der Waals surface area contributed by atoms with Crippen molar-refractivity contribution in [3.05, 3.63) is 68.9 Å². The van der Waals surface area contributed by atoms with Gasteiger partial charge in [-0.25, -0.2) is 4.79 Å². The van der Waals surface area contributed by atoms with Gasteiger partial charge in [-0.2, -0.15) is 12.7 Å². The fourth-order valence-corrected chi connectivity index (χ4v) is 8.31. The van der Waals surface area contributed by atoms with E-state index in [9.17, 15) is 18.3 Å². The molecule has 6 rings (SSSR count). The summed E-state index contributed by atoms with van der Waals surface area (Å²) in [6.45, 7) is 1.92. The molecule has 3 aliphatic rings. The molecule has 1 aliphatic carbocycles. The minimum Gasteiger partial charge on any atom is -0.478 e. The first-order valence-corrected chi connectivity index (χ1v) is 15.5. The van der Waals surface area contributed by atoms with Crippen LogP contribution in [0.1, 0.15) is 71.7 Å². The smallest absolute Gasteiger partial charge is 0.335 e. The van der Waals surface area contributed by atoms with Crippen LogP contribution in [0, 0.1) is 6.92 Å². The Kier molecular flexibility index (Phi) is 7.33. The quantitative estimate of drug-likeness (QED) is 0.289. The van der Waals surface area contributed by atoms with Crippen molar-refractivity contribution in [2.45, 2.75) is 76.2 Å². The summed E-state index contributed by atoms with van der Waals surface area (Å²) >= 11 is 13.0. The third-order valence-electron chi connectivity index (χ3n) is 8.03. The predicted molar refractivity (Wildman–Crippen MR) is 151 cm³/mol. The van der Waals surface area contributed by atoms with Crippen molar-refractivity contribution in [2.75, 3.05) is 4.72 Å². The van der Waals surface area contributed by atoms with Crippen molar-refractivity contribution in [3.63, 3.8) is 0 Å². The number of aryl methyl sites for hydroxylation is 1. The predicted octanol–water partition coefficient (Wildman–Crippen LogP) is 6.40. The fraction of sp³-hybridized carbons (Fsp3) is 0.429. The Bertz CT molecular complexity index is 1540. The highest BCUT2D eigenvalue weighted by molar-refractivity contribution is 7.90. The molecule has 1 aromatic heterocycles. The monoisotopic (exact) mass is 605 g/mol. The second kappa shape index (κ2) is 10.6. The Labute approximate surface area is 242 Å². The number of hydrogen-bond acceptors (Lipinski definition) is 6. The number of fused-ring (bicyclic) bond motifs is 2. The van der Waals surface area contributed by atoms with E-state index in [1.807, 2.05) is 0 Å². The number of hydrogen-bond donors (Lipinski definition) is 2. The highest BCUT2D eigenvalue weighted by Crippen LogP contribution is 2.47. The van der Waals surface area contributed by atoms with E-state index in [1.165, 1.54) is 18.2 Å². The number of benzene rings is 2. The van der Waals surface area contributed by atoms with Gasteiger partial charge in [-0.05, 0) is 81.3 Å². The molecule has 0 amide bonds. The number of carboxylic acids is 1. The summed E-state index contributed by atoms with van der Waals surface area (Å²) < 4.78 is 43.2. The van der Waals surface area contributed by atoms with E-state index in [0.717, 1.165) is 37.0 Å². The maximum Gasteiger partial charge on any atom is 0.335 e. The Morgan fingerprint density at radius 2 is 1.80 bits per heavy atom. The van der Waals surface area contributed by atoms with Gasteiger partial charge in [-0.1, -0.05) is 34.4 Å². The lowest BCUT2D eigenvalue weighted by molar-refractivity contribution is -0.00840. The second-order valence-electron chi connectivity index (χ2n) is 10.8. The van der Waals surface area contributed by atoms with E-state index in [1.54, 1.807) is 29.4 Å². The molecule has 3 atom stereocenters. The van der Waals surface area contributed by atoms with Gasteiger partial charge in [0.05, 0.1) is 34.0 Å². The number of carbonyl (C=O) groups is 1. The second-order valence-corrected chi connectivity index (χ2v) is 13.2. The van der Waals surface area contributed by atoms with Crippen LogP contribution in [0.3, 0.4) is 0 Å². The van der Waals surface area contributed by atoms with Crippen molar-refractivity contribution in [3.8, 4) is 11.3 Å². The van der Waals surface area contributed by atoms with Crippen LogP contribution in [0.25, 0.3) is 11.3 Å². The fourth-order valence-electron chi connectivity index (χ4n) is 6.03. The Hall–Kier alpha value is -2.63. The first kappa shape index (κ1) is 27.5. The van der Waals surface area contributed by atoms with E-state index >= 15 is 0 Å².